The lowest BCUT2D eigenvalue weighted by molar-refractivity contribution is 0.00721. The number of morpholine rings is 1. The van der Waals surface area contributed by atoms with Crippen molar-refractivity contribution in [2.75, 3.05) is 26.3 Å². The third-order valence-electron chi connectivity index (χ3n) is 8.39. The first-order chi connectivity index (χ1) is 18.9. The number of pyridine rings is 1. The molecule has 2 fully saturated rings. The fourth-order valence-corrected chi connectivity index (χ4v) is 7.01. The van der Waals surface area contributed by atoms with E-state index >= 15 is 0 Å². The summed E-state index contributed by atoms with van der Waals surface area (Å²) in [6.45, 7) is 10.3. The van der Waals surface area contributed by atoms with Crippen LogP contribution in [0.2, 0.25) is 0 Å². The molecule has 1 aliphatic carbocycles. The highest BCUT2D eigenvalue weighted by atomic mass is 32.1. The second kappa shape index (κ2) is 9.84. The van der Waals surface area contributed by atoms with Gasteiger partial charge in [-0.3, -0.25) is 9.30 Å². The Morgan fingerprint density at radius 2 is 1.59 bits per heavy atom. The van der Waals surface area contributed by atoms with E-state index in [9.17, 15) is 0 Å². The van der Waals surface area contributed by atoms with Crippen molar-refractivity contribution in [3.05, 3.63) is 60.1 Å². The van der Waals surface area contributed by atoms with E-state index in [1.165, 1.54) is 31.4 Å². The molecule has 0 N–H and O–H groups in total. The van der Waals surface area contributed by atoms with Gasteiger partial charge in [0.2, 0.25) is 0 Å². The van der Waals surface area contributed by atoms with Crippen LogP contribution in [0.4, 0.5) is 0 Å². The molecule has 7 nitrogen and oxygen atoms in total. The molecular weight excluding hydrogens is 506 g/mol. The van der Waals surface area contributed by atoms with Crippen LogP contribution < -0.4 is 0 Å². The number of fused-ring (bicyclic) bond motifs is 3. The molecule has 1 saturated carbocycles. The summed E-state index contributed by atoms with van der Waals surface area (Å²) in [5.74, 6) is 1.44. The summed E-state index contributed by atoms with van der Waals surface area (Å²) in [6, 6.07) is 15.6. The molecule has 0 amide bonds. The first-order valence-electron chi connectivity index (χ1n) is 14.1. The molecule has 0 atom stereocenters. The van der Waals surface area contributed by atoms with Crippen molar-refractivity contribution in [3.63, 3.8) is 0 Å². The fourth-order valence-electron chi connectivity index (χ4n) is 6.02. The van der Waals surface area contributed by atoms with Gasteiger partial charge in [-0.25, -0.2) is 9.97 Å². The van der Waals surface area contributed by atoms with E-state index in [-0.39, 0.29) is 5.41 Å². The number of benzene rings is 1. The number of ether oxygens (including phenoxy) is 1. The number of aromatic nitrogens is 4. The summed E-state index contributed by atoms with van der Waals surface area (Å²) in [5.41, 5.74) is 6.27. The monoisotopic (exact) mass is 541 g/mol. The second-order valence-electron chi connectivity index (χ2n) is 12.0. The Morgan fingerprint density at radius 3 is 2.28 bits per heavy atom. The van der Waals surface area contributed by atoms with Crippen LogP contribution in [0.25, 0.3) is 37.8 Å². The molecule has 0 bridgehead atoms. The Kier molecular flexibility index (Phi) is 6.29. The van der Waals surface area contributed by atoms with Gasteiger partial charge in [-0.15, -0.1) is 0 Å². The van der Waals surface area contributed by atoms with Gasteiger partial charge >= 0.3 is 0 Å². The molecule has 0 unspecified atom stereocenters. The molecule has 1 aromatic carbocycles. The maximum absolute atomic E-state index is 5.57. The van der Waals surface area contributed by atoms with E-state index in [1.807, 2.05) is 6.07 Å². The SMILES string of the molecule is CC(C)(C)c1cc(-c2ccc(-c3cn4c(n3)sc3nc([C@H]5CC[C@@H](N6CCOCC6)CC5)ccc34)cc2)no1. The molecule has 8 heteroatoms. The molecule has 5 aromatic rings. The number of hydrogen-bond donors (Lipinski definition) is 0. The van der Waals surface area contributed by atoms with Crippen LogP contribution in [0.5, 0.6) is 0 Å². The number of thiazole rings is 1. The summed E-state index contributed by atoms with van der Waals surface area (Å²) in [5, 5.41) is 4.27. The summed E-state index contributed by atoms with van der Waals surface area (Å²) in [7, 11) is 0. The molecule has 4 aromatic heterocycles. The molecule has 1 saturated heterocycles. The Bertz CT molecular complexity index is 1600. The summed E-state index contributed by atoms with van der Waals surface area (Å²) >= 11 is 1.68. The van der Waals surface area contributed by atoms with Gasteiger partial charge in [0.15, 0.2) is 4.96 Å². The average molecular weight is 542 g/mol. The van der Waals surface area contributed by atoms with Crippen LogP contribution in [0.15, 0.2) is 53.2 Å². The van der Waals surface area contributed by atoms with Crippen molar-refractivity contribution < 1.29 is 9.26 Å². The highest BCUT2D eigenvalue weighted by Crippen LogP contribution is 2.37. The molecule has 39 heavy (non-hydrogen) atoms. The van der Waals surface area contributed by atoms with Crippen molar-refractivity contribution in [3.8, 4) is 22.5 Å². The largest absolute Gasteiger partial charge is 0.379 e. The molecule has 5 heterocycles. The molecular formula is C31H35N5O2S. The number of nitrogens with zero attached hydrogens (tertiary/aromatic N) is 5. The standard InChI is InChI=1S/C31H35N5O2S/c1-31(2,3)28-18-25(34-38-28)21-4-6-22(7-5-21)26-19-36-27-13-12-24(32-29(27)39-30(36)33-26)20-8-10-23(11-9-20)35-14-16-37-17-15-35/h4-7,12-13,18-20,23H,8-11,14-17H2,1-3H3/t20-,23+. The molecule has 2 aliphatic rings. The van der Waals surface area contributed by atoms with Crippen LogP contribution in [-0.2, 0) is 10.2 Å². The van der Waals surface area contributed by atoms with Crippen molar-refractivity contribution in [2.45, 2.75) is 63.8 Å². The zero-order chi connectivity index (χ0) is 26.6. The predicted molar refractivity (Wildman–Crippen MR) is 155 cm³/mol. The van der Waals surface area contributed by atoms with E-state index in [0.29, 0.717) is 12.0 Å². The van der Waals surface area contributed by atoms with E-state index < -0.39 is 0 Å². The maximum atomic E-state index is 5.57. The Hall–Kier alpha value is -3.07. The topological polar surface area (TPSA) is 68.7 Å². The van der Waals surface area contributed by atoms with E-state index in [1.54, 1.807) is 11.3 Å². The third kappa shape index (κ3) is 4.79. The summed E-state index contributed by atoms with van der Waals surface area (Å²) < 4.78 is 13.3. The number of imidazole rings is 1. The van der Waals surface area contributed by atoms with Crippen molar-refractivity contribution >= 4 is 26.6 Å². The molecule has 202 valence electrons. The third-order valence-corrected chi connectivity index (χ3v) is 9.35. The summed E-state index contributed by atoms with van der Waals surface area (Å²) in [4.78, 5) is 14.8. The molecule has 0 radical (unpaired) electrons. The zero-order valence-corrected chi connectivity index (χ0v) is 23.7. The molecule has 1 aliphatic heterocycles. The van der Waals surface area contributed by atoms with Gasteiger partial charge in [-0.1, -0.05) is 61.5 Å². The van der Waals surface area contributed by atoms with Gasteiger partial charge in [-0.2, -0.15) is 0 Å². The van der Waals surface area contributed by atoms with E-state index in [4.69, 9.17) is 19.2 Å². The minimum absolute atomic E-state index is 0.0612. The van der Waals surface area contributed by atoms with Crippen LogP contribution in [0.3, 0.4) is 0 Å². The van der Waals surface area contributed by atoms with Gasteiger partial charge in [-0.05, 0) is 37.8 Å². The lowest BCUT2D eigenvalue weighted by atomic mass is 9.83. The van der Waals surface area contributed by atoms with Gasteiger partial charge in [0.05, 0.1) is 24.4 Å². The van der Waals surface area contributed by atoms with Gasteiger partial charge < -0.3 is 9.26 Å². The number of hydrogen-bond acceptors (Lipinski definition) is 7. The van der Waals surface area contributed by atoms with Gasteiger partial charge in [0, 0.05) is 59.5 Å². The van der Waals surface area contributed by atoms with Crippen LogP contribution in [-0.4, -0.2) is 56.8 Å². The highest BCUT2D eigenvalue weighted by Gasteiger charge is 2.28. The first kappa shape index (κ1) is 24.9. The Balaban J connectivity index is 1.07. The second-order valence-corrected chi connectivity index (χ2v) is 13.0. The number of rotatable bonds is 4. The minimum Gasteiger partial charge on any atom is -0.379 e. The van der Waals surface area contributed by atoms with Gasteiger partial charge in [0.25, 0.3) is 0 Å². The quantitative estimate of drug-likeness (QED) is 0.246. The average Bonchev–Trinajstić information content (AvgIpc) is 3.69. The zero-order valence-electron chi connectivity index (χ0n) is 22.9. The lowest BCUT2D eigenvalue weighted by Crippen LogP contribution is -2.44. The maximum Gasteiger partial charge on any atom is 0.196 e. The van der Waals surface area contributed by atoms with Gasteiger partial charge in [0.1, 0.15) is 16.3 Å². The van der Waals surface area contributed by atoms with Crippen molar-refractivity contribution in [1.29, 1.82) is 0 Å². The molecule has 0 spiro atoms. The normalized spacial score (nSPS) is 21.2. The lowest BCUT2D eigenvalue weighted by Gasteiger charge is -2.38. The van der Waals surface area contributed by atoms with Crippen LogP contribution in [0.1, 0.15) is 63.8 Å². The predicted octanol–water partition coefficient (Wildman–Crippen LogP) is 6.92. The highest BCUT2D eigenvalue weighted by molar-refractivity contribution is 7.23. The summed E-state index contributed by atoms with van der Waals surface area (Å²) in [6.07, 6.45) is 7.08. The van der Waals surface area contributed by atoms with Crippen molar-refractivity contribution in [2.24, 2.45) is 0 Å². The van der Waals surface area contributed by atoms with Crippen LogP contribution >= 0.6 is 11.3 Å². The molecule has 7 rings (SSSR count). The fraction of sp³-hybridized carbons (Fsp3) is 0.452. The van der Waals surface area contributed by atoms with E-state index in [0.717, 1.165) is 69.9 Å². The van der Waals surface area contributed by atoms with E-state index in [2.05, 4.69) is 77.8 Å². The Labute approximate surface area is 232 Å². The van der Waals surface area contributed by atoms with Crippen molar-refractivity contribution in [1.82, 2.24) is 24.4 Å². The Morgan fingerprint density at radius 1 is 0.872 bits per heavy atom. The smallest absolute Gasteiger partial charge is 0.196 e. The minimum atomic E-state index is -0.0612. The van der Waals surface area contributed by atoms with Crippen LogP contribution in [0, 0.1) is 0 Å². The first-order valence-corrected chi connectivity index (χ1v) is 14.9.